The van der Waals surface area contributed by atoms with E-state index >= 15 is 0 Å². The summed E-state index contributed by atoms with van der Waals surface area (Å²) in [6.45, 7) is 0.170. The molecule has 0 unspecified atom stereocenters. The van der Waals surface area contributed by atoms with Crippen LogP contribution in [0.15, 0.2) is 47.4 Å². The van der Waals surface area contributed by atoms with Gasteiger partial charge in [0, 0.05) is 31.5 Å². The molecule has 0 saturated heterocycles. The Morgan fingerprint density at radius 1 is 1.33 bits per heavy atom. The lowest BCUT2D eigenvalue weighted by molar-refractivity contribution is -0.131. The number of benzene rings is 1. The van der Waals surface area contributed by atoms with Gasteiger partial charge in [-0.15, -0.1) is 0 Å². The number of pyridine rings is 1. The number of carbonyl (C=O) groups is 1. The number of rotatable bonds is 4. The van der Waals surface area contributed by atoms with Crippen LogP contribution in [-0.2, 0) is 17.9 Å². The number of hydrogen-bond acceptors (Lipinski definition) is 3. The van der Waals surface area contributed by atoms with Gasteiger partial charge in [0.05, 0.1) is 0 Å². The topological polar surface area (TPSA) is 68.3 Å². The monoisotopic (exact) mass is 289 g/mol. The molecule has 0 radical (unpaired) electrons. The molecule has 0 aliphatic heterocycles. The van der Waals surface area contributed by atoms with Gasteiger partial charge in [0.2, 0.25) is 5.91 Å². The lowest BCUT2D eigenvalue weighted by Gasteiger charge is -2.18. The Hall–Kier alpha value is -2.63. The van der Waals surface area contributed by atoms with Crippen LogP contribution in [-0.4, -0.2) is 22.4 Å². The second kappa shape index (κ2) is 6.21. The summed E-state index contributed by atoms with van der Waals surface area (Å²) in [5.41, 5.74) is 6.40. The highest BCUT2D eigenvalue weighted by Gasteiger charge is 2.11. The molecule has 0 atom stereocenters. The molecule has 21 heavy (non-hydrogen) atoms. The van der Waals surface area contributed by atoms with Gasteiger partial charge in [-0.2, -0.15) is 0 Å². The number of carbonyl (C=O) groups excluding carboxylic acids is 1. The maximum absolute atomic E-state index is 13.1. The summed E-state index contributed by atoms with van der Waals surface area (Å²) in [6.07, 6.45) is 1.43. The molecule has 2 rings (SSSR count). The summed E-state index contributed by atoms with van der Waals surface area (Å²) in [5, 5.41) is 0. The zero-order valence-corrected chi connectivity index (χ0v) is 11.6. The molecule has 0 bridgehead atoms. The summed E-state index contributed by atoms with van der Waals surface area (Å²) in [4.78, 5) is 25.2. The zero-order valence-electron chi connectivity index (χ0n) is 11.6. The first-order chi connectivity index (χ1) is 9.95. The van der Waals surface area contributed by atoms with Crippen molar-refractivity contribution in [2.24, 2.45) is 0 Å². The number of hydrogen-bond donors (Lipinski definition) is 1. The number of amides is 1. The molecular formula is C15H16FN3O2. The summed E-state index contributed by atoms with van der Waals surface area (Å²) in [5.74, 6) is -0.604. The Bertz CT molecular complexity index is 712. The predicted octanol–water partition coefficient (Wildman–Crippen LogP) is 1.23. The summed E-state index contributed by atoms with van der Waals surface area (Å²) in [6, 6.07) is 8.84. The molecule has 110 valence electrons. The number of nitrogen functional groups attached to an aromatic ring is 1. The van der Waals surface area contributed by atoms with E-state index in [-0.39, 0.29) is 30.4 Å². The molecule has 0 saturated carbocycles. The van der Waals surface area contributed by atoms with Crippen LogP contribution in [0, 0.1) is 5.82 Å². The molecule has 0 aliphatic carbocycles. The van der Waals surface area contributed by atoms with E-state index < -0.39 is 0 Å². The van der Waals surface area contributed by atoms with E-state index in [4.69, 9.17) is 5.73 Å². The van der Waals surface area contributed by atoms with Gasteiger partial charge in [-0.3, -0.25) is 9.59 Å². The molecule has 0 aliphatic rings. The van der Waals surface area contributed by atoms with Crippen LogP contribution in [0.3, 0.4) is 0 Å². The Morgan fingerprint density at radius 2 is 2.10 bits per heavy atom. The fourth-order valence-corrected chi connectivity index (χ4v) is 1.94. The Balaban J connectivity index is 2.06. The highest BCUT2D eigenvalue weighted by Crippen LogP contribution is 2.07. The van der Waals surface area contributed by atoms with Crippen molar-refractivity contribution in [2.45, 2.75) is 13.1 Å². The minimum Gasteiger partial charge on any atom is -0.398 e. The lowest BCUT2D eigenvalue weighted by Crippen LogP contribution is -2.33. The maximum atomic E-state index is 13.1. The van der Waals surface area contributed by atoms with Crippen LogP contribution in [0.1, 0.15) is 5.56 Å². The number of halogens is 1. The number of nitrogens with two attached hydrogens (primary N) is 1. The molecule has 1 amide bonds. The standard InChI is InChI=1S/C15H16FN3O2/c1-18(8-11-3-2-4-12(16)7-11)15(21)10-19-9-13(17)5-6-14(19)20/h2-7,9H,8,10,17H2,1H3. The molecule has 1 aromatic carbocycles. The molecule has 0 spiro atoms. The predicted molar refractivity (Wildman–Crippen MR) is 78.0 cm³/mol. The van der Waals surface area contributed by atoms with Gasteiger partial charge in [-0.1, -0.05) is 12.1 Å². The molecule has 6 heteroatoms. The van der Waals surface area contributed by atoms with Gasteiger partial charge >= 0.3 is 0 Å². The first-order valence-corrected chi connectivity index (χ1v) is 6.40. The van der Waals surface area contributed by atoms with Crippen molar-refractivity contribution in [2.75, 3.05) is 12.8 Å². The highest BCUT2D eigenvalue weighted by atomic mass is 19.1. The van der Waals surface area contributed by atoms with Crippen molar-refractivity contribution >= 4 is 11.6 Å². The average Bonchev–Trinajstić information content (AvgIpc) is 2.43. The van der Waals surface area contributed by atoms with Gasteiger partial charge < -0.3 is 15.2 Å². The van der Waals surface area contributed by atoms with E-state index in [0.29, 0.717) is 11.3 Å². The van der Waals surface area contributed by atoms with Crippen LogP contribution in [0.2, 0.25) is 0 Å². The van der Waals surface area contributed by atoms with Crippen LogP contribution < -0.4 is 11.3 Å². The third kappa shape index (κ3) is 3.92. The van der Waals surface area contributed by atoms with Crippen molar-refractivity contribution in [1.29, 1.82) is 0 Å². The van der Waals surface area contributed by atoms with Crippen LogP contribution >= 0.6 is 0 Å². The summed E-state index contributed by atoms with van der Waals surface area (Å²) in [7, 11) is 1.60. The summed E-state index contributed by atoms with van der Waals surface area (Å²) < 4.78 is 14.3. The van der Waals surface area contributed by atoms with Gasteiger partial charge in [0.25, 0.3) is 5.56 Å². The number of anilines is 1. The third-order valence-corrected chi connectivity index (χ3v) is 3.05. The van der Waals surface area contributed by atoms with Crippen molar-refractivity contribution < 1.29 is 9.18 Å². The Morgan fingerprint density at radius 3 is 2.81 bits per heavy atom. The van der Waals surface area contributed by atoms with Crippen LogP contribution in [0.25, 0.3) is 0 Å². The number of nitrogens with zero attached hydrogens (tertiary/aromatic N) is 2. The fourth-order valence-electron chi connectivity index (χ4n) is 1.94. The highest BCUT2D eigenvalue weighted by molar-refractivity contribution is 5.75. The minimum absolute atomic E-state index is 0.101. The van der Waals surface area contributed by atoms with E-state index in [9.17, 15) is 14.0 Å². The minimum atomic E-state index is -0.347. The van der Waals surface area contributed by atoms with Gasteiger partial charge in [0.1, 0.15) is 12.4 Å². The number of aromatic nitrogens is 1. The summed E-state index contributed by atoms with van der Waals surface area (Å²) >= 11 is 0. The van der Waals surface area contributed by atoms with Crippen molar-refractivity contribution in [3.05, 3.63) is 64.3 Å². The molecule has 2 N–H and O–H groups in total. The quantitative estimate of drug-likeness (QED) is 0.920. The molecule has 1 heterocycles. The second-order valence-electron chi connectivity index (χ2n) is 4.81. The zero-order chi connectivity index (χ0) is 15.4. The van der Waals surface area contributed by atoms with Gasteiger partial charge in [-0.25, -0.2) is 4.39 Å². The molecule has 0 fully saturated rings. The van der Waals surface area contributed by atoms with E-state index in [0.717, 1.165) is 0 Å². The second-order valence-corrected chi connectivity index (χ2v) is 4.81. The van der Waals surface area contributed by atoms with Crippen LogP contribution in [0.4, 0.5) is 10.1 Å². The van der Waals surface area contributed by atoms with Crippen molar-refractivity contribution in [3.63, 3.8) is 0 Å². The smallest absolute Gasteiger partial charge is 0.251 e. The van der Waals surface area contributed by atoms with E-state index in [1.165, 1.54) is 39.9 Å². The van der Waals surface area contributed by atoms with Crippen molar-refractivity contribution in [3.8, 4) is 0 Å². The molecular weight excluding hydrogens is 273 g/mol. The SMILES string of the molecule is CN(Cc1cccc(F)c1)C(=O)Cn1cc(N)ccc1=O. The van der Waals surface area contributed by atoms with E-state index in [2.05, 4.69) is 0 Å². The molecule has 5 nitrogen and oxygen atoms in total. The van der Waals surface area contributed by atoms with Gasteiger partial charge in [0.15, 0.2) is 0 Å². The lowest BCUT2D eigenvalue weighted by atomic mass is 10.2. The Labute approximate surface area is 121 Å². The largest absolute Gasteiger partial charge is 0.398 e. The average molecular weight is 289 g/mol. The maximum Gasteiger partial charge on any atom is 0.251 e. The molecule has 2 aromatic rings. The van der Waals surface area contributed by atoms with Gasteiger partial charge in [-0.05, 0) is 23.8 Å². The Kier molecular flexibility index (Phi) is 4.37. The molecule has 1 aromatic heterocycles. The van der Waals surface area contributed by atoms with E-state index in [1.54, 1.807) is 19.2 Å². The first-order valence-electron chi connectivity index (χ1n) is 6.40. The third-order valence-electron chi connectivity index (χ3n) is 3.05. The van der Waals surface area contributed by atoms with E-state index in [1.807, 2.05) is 0 Å². The van der Waals surface area contributed by atoms with Crippen molar-refractivity contribution in [1.82, 2.24) is 9.47 Å². The first kappa shape index (κ1) is 14.8. The fraction of sp³-hybridized carbons (Fsp3) is 0.200. The number of likely N-dealkylation sites (N-methyl/N-ethyl adjacent to an activating group) is 1. The van der Waals surface area contributed by atoms with Crippen LogP contribution in [0.5, 0.6) is 0 Å². The normalized spacial score (nSPS) is 10.4.